The van der Waals surface area contributed by atoms with E-state index in [4.69, 9.17) is 5.11 Å². The molecule has 0 aliphatic heterocycles. The molecule has 19 heavy (non-hydrogen) atoms. The SMILES string of the molecule is CCc1nn(C)c(N(C)CCCCCO)c1[N+](=O)[O-]. The van der Waals surface area contributed by atoms with E-state index in [-0.39, 0.29) is 17.2 Å². The van der Waals surface area contributed by atoms with Crippen LogP contribution in [0.15, 0.2) is 0 Å². The second-order valence-corrected chi connectivity index (χ2v) is 4.56. The zero-order valence-corrected chi connectivity index (χ0v) is 11.8. The molecule has 0 aromatic carbocycles. The first-order valence-corrected chi connectivity index (χ1v) is 6.55. The molecule has 0 spiro atoms. The second kappa shape index (κ2) is 7.08. The minimum Gasteiger partial charge on any atom is -0.396 e. The van der Waals surface area contributed by atoms with Crippen molar-refractivity contribution < 1.29 is 10.0 Å². The molecule has 1 aromatic heterocycles. The van der Waals surface area contributed by atoms with Gasteiger partial charge in [-0.05, 0) is 25.7 Å². The molecule has 7 nitrogen and oxygen atoms in total. The molecule has 7 heteroatoms. The van der Waals surface area contributed by atoms with Crippen LogP contribution in [0.1, 0.15) is 31.9 Å². The summed E-state index contributed by atoms with van der Waals surface area (Å²) in [6, 6.07) is 0. The molecule has 1 heterocycles. The summed E-state index contributed by atoms with van der Waals surface area (Å²) >= 11 is 0. The van der Waals surface area contributed by atoms with E-state index < -0.39 is 0 Å². The monoisotopic (exact) mass is 270 g/mol. The Labute approximate surface area is 113 Å². The molecule has 1 N–H and O–H groups in total. The van der Waals surface area contributed by atoms with Crippen LogP contribution in [0, 0.1) is 10.1 Å². The molecular formula is C12H22N4O3. The summed E-state index contributed by atoms with van der Waals surface area (Å²) in [5.41, 5.74) is 0.624. The molecule has 0 saturated carbocycles. The molecule has 0 fully saturated rings. The number of nitro groups is 1. The third kappa shape index (κ3) is 3.66. The van der Waals surface area contributed by atoms with Crippen molar-refractivity contribution in [2.24, 2.45) is 7.05 Å². The van der Waals surface area contributed by atoms with Crippen molar-refractivity contribution in [2.75, 3.05) is 25.1 Å². The van der Waals surface area contributed by atoms with Crippen LogP contribution in [0.5, 0.6) is 0 Å². The summed E-state index contributed by atoms with van der Waals surface area (Å²) in [6.45, 7) is 2.76. The predicted octanol–water partition coefficient (Wildman–Crippen LogP) is 1.49. The van der Waals surface area contributed by atoms with E-state index in [1.807, 2.05) is 18.9 Å². The molecule has 1 rings (SSSR count). The van der Waals surface area contributed by atoms with Crippen molar-refractivity contribution >= 4 is 11.5 Å². The highest BCUT2D eigenvalue weighted by Crippen LogP contribution is 2.31. The van der Waals surface area contributed by atoms with Crippen molar-refractivity contribution in [1.82, 2.24) is 9.78 Å². The van der Waals surface area contributed by atoms with E-state index in [1.165, 1.54) is 0 Å². The van der Waals surface area contributed by atoms with Crippen molar-refractivity contribution in [3.05, 3.63) is 15.8 Å². The van der Waals surface area contributed by atoms with Gasteiger partial charge in [-0.1, -0.05) is 6.92 Å². The Balaban J connectivity index is 2.86. The van der Waals surface area contributed by atoms with Gasteiger partial charge in [-0.2, -0.15) is 5.10 Å². The number of anilines is 1. The van der Waals surface area contributed by atoms with Crippen LogP contribution in [0.3, 0.4) is 0 Å². The first-order valence-electron chi connectivity index (χ1n) is 6.55. The molecular weight excluding hydrogens is 248 g/mol. The Hall–Kier alpha value is -1.63. The van der Waals surface area contributed by atoms with Crippen molar-refractivity contribution in [3.8, 4) is 0 Å². The molecule has 1 aromatic rings. The molecule has 0 unspecified atom stereocenters. The molecule has 0 atom stereocenters. The maximum absolute atomic E-state index is 11.2. The molecule has 0 saturated heterocycles. The fourth-order valence-electron chi connectivity index (χ4n) is 2.15. The van der Waals surface area contributed by atoms with E-state index in [9.17, 15) is 10.1 Å². The molecule has 0 amide bonds. The van der Waals surface area contributed by atoms with Crippen LogP contribution in [-0.2, 0) is 13.5 Å². The molecule has 0 aliphatic rings. The Kier molecular flexibility index (Phi) is 5.75. The summed E-state index contributed by atoms with van der Waals surface area (Å²) in [4.78, 5) is 12.7. The maximum Gasteiger partial charge on any atom is 0.334 e. The van der Waals surface area contributed by atoms with E-state index >= 15 is 0 Å². The lowest BCUT2D eigenvalue weighted by atomic mass is 10.2. The van der Waals surface area contributed by atoms with E-state index in [2.05, 4.69) is 5.10 Å². The average molecular weight is 270 g/mol. The third-order valence-corrected chi connectivity index (χ3v) is 3.09. The zero-order chi connectivity index (χ0) is 14.4. The van der Waals surface area contributed by atoms with Gasteiger partial charge in [-0.15, -0.1) is 0 Å². The van der Waals surface area contributed by atoms with Crippen LogP contribution in [0.25, 0.3) is 0 Å². The Morgan fingerprint density at radius 1 is 1.42 bits per heavy atom. The molecule has 0 bridgehead atoms. The van der Waals surface area contributed by atoms with Gasteiger partial charge in [0.2, 0.25) is 5.82 Å². The zero-order valence-electron chi connectivity index (χ0n) is 11.8. The van der Waals surface area contributed by atoms with Gasteiger partial charge in [-0.3, -0.25) is 10.1 Å². The quantitative estimate of drug-likeness (QED) is 0.439. The predicted molar refractivity (Wildman–Crippen MR) is 73.4 cm³/mol. The van der Waals surface area contributed by atoms with Gasteiger partial charge in [0.25, 0.3) is 0 Å². The van der Waals surface area contributed by atoms with E-state index in [1.54, 1.807) is 11.7 Å². The number of aromatic nitrogens is 2. The first kappa shape index (κ1) is 15.4. The number of rotatable bonds is 8. The van der Waals surface area contributed by atoms with Gasteiger partial charge >= 0.3 is 5.69 Å². The number of nitrogens with zero attached hydrogens (tertiary/aromatic N) is 4. The number of aliphatic hydroxyl groups excluding tert-OH is 1. The van der Waals surface area contributed by atoms with Crippen LogP contribution in [0.4, 0.5) is 11.5 Å². The number of unbranched alkanes of at least 4 members (excludes halogenated alkanes) is 2. The number of hydrogen-bond donors (Lipinski definition) is 1. The van der Waals surface area contributed by atoms with Crippen molar-refractivity contribution in [3.63, 3.8) is 0 Å². The summed E-state index contributed by atoms with van der Waals surface area (Å²) in [5.74, 6) is 0.547. The number of aliphatic hydroxyl groups is 1. The summed E-state index contributed by atoms with van der Waals surface area (Å²) in [7, 11) is 3.56. The smallest absolute Gasteiger partial charge is 0.334 e. The van der Waals surface area contributed by atoms with Crippen LogP contribution in [0.2, 0.25) is 0 Å². The topological polar surface area (TPSA) is 84.4 Å². The largest absolute Gasteiger partial charge is 0.396 e. The lowest BCUT2D eigenvalue weighted by Gasteiger charge is -2.18. The lowest BCUT2D eigenvalue weighted by Crippen LogP contribution is -2.22. The highest BCUT2D eigenvalue weighted by atomic mass is 16.6. The second-order valence-electron chi connectivity index (χ2n) is 4.56. The number of aryl methyl sites for hydroxylation is 2. The van der Waals surface area contributed by atoms with E-state index in [0.29, 0.717) is 24.5 Å². The van der Waals surface area contributed by atoms with Gasteiger partial charge in [0, 0.05) is 27.2 Å². The van der Waals surface area contributed by atoms with Gasteiger partial charge in [0.15, 0.2) is 0 Å². The van der Waals surface area contributed by atoms with Gasteiger partial charge < -0.3 is 10.0 Å². The first-order chi connectivity index (χ1) is 9.02. The summed E-state index contributed by atoms with van der Waals surface area (Å²) < 4.78 is 1.57. The summed E-state index contributed by atoms with van der Waals surface area (Å²) in [6.07, 6.45) is 3.11. The summed E-state index contributed by atoms with van der Waals surface area (Å²) in [5, 5.41) is 24.1. The Bertz CT molecular complexity index is 431. The standard InChI is InChI=1S/C12H22N4O3/c1-4-10-11(16(18)19)12(15(3)13-10)14(2)8-6-5-7-9-17/h17H,4-9H2,1-3H3. The van der Waals surface area contributed by atoms with Crippen LogP contribution < -0.4 is 4.90 Å². The lowest BCUT2D eigenvalue weighted by molar-refractivity contribution is -0.384. The minimum absolute atomic E-state index is 0.106. The van der Waals surface area contributed by atoms with Crippen LogP contribution in [-0.4, -0.2) is 40.0 Å². The third-order valence-electron chi connectivity index (χ3n) is 3.09. The van der Waals surface area contributed by atoms with E-state index in [0.717, 1.165) is 19.3 Å². The molecule has 108 valence electrons. The fraction of sp³-hybridized carbons (Fsp3) is 0.750. The fourth-order valence-corrected chi connectivity index (χ4v) is 2.15. The van der Waals surface area contributed by atoms with Crippen LogP contribution >= 0.6 is 0 Å². The number of hydrogen-bond acceptors (Lipinski definition) is 5. The maximum atomic E-state index is 11.2. The van der Waals surface area contributed by atoms with Gasteiger partial charge in [0.1, 0.15) is 5.69 Å². The van der Waals surface area contributed by atoms with Crippen molar-refractivity contribution in [2.45, 2.75) is 32.6 Å². The highest BCUT2D eigenvalue weighted by Gasteiger charge is 2.27. The molecule has 0 radical (unpaired) electrons. The molecule has 0 aliphatic carbocycles. The minimum atomic E-state index is -0.356. The van der Waals surface area contributed by atoms with Gasteiger partial charge in [-0.25, -0.2) is 4.68 Å². The average Bonchev–Trinajstić information content (AvgIpc) is 2.71. The van der Waals surface area contributed by atoms with Gasteiger partial charge in [0.05, 0.1) is 4.92 Å². The highest BCUT2D eigenvalue weighted by molar-refractivity contribution is 5.61. The Morgan fingerprint density at radius 3 is 2.63 bits per heavy atom. The van der Waals surface area contributed by atoms with Crippen molar-refractivity contribution in [1.29, 1.82) is 0 Å². The Morgan fingerprint density at radius 2 is 2.11 bits per heavy atom. The normalized spacial score (nSPS) is 10.7.